The second kappa shape index (κ2) is 9.13. The SMILES string of the molecule is COCOC(=O)C#C[C@H]1C(C)(C)[C@]1(C(=O)O)[C@@H](C#N)c1cccc(Oc2ccccc2)c1. The van der Waals surface area contributed by atoms with E-state index in [1.54, 1.807) is 50.2 Å². The van der Waals surface area contributed by atoms with Crippen LogP contribution in [0, 0.1) is 39.9 Å². The lowest BCUT2D eigenvalue weighted by Gasteiger charge is -2.22. The molecule has 1 fully saturated rings. The molecule has 0 radical (unpaired) electrons. The van der Waals surface area contributed by atoms with Crippen molar-refractivity contribution in [1.82, 2.24) is 0 Å². The van der Waals surface area contributed by atoms with Gasteiger partial charge in [0.1, 0.15) is 16.9 Å². The van der Waals surface area contributed by atoms with Crippen molar-refractivity contribution in [3.63, 3.8) is 0 Å². The molecule has 0 aliphatic heterocycles. The van der Waals surface area contributed by atoms with Crippen LogP contribution in [0.3, 0.4) is 0 Å². The third-order valence-corrected chi connectivity index (χ3v) is 5.89. The van der Waals surface area contributed by atoms with Crippen LogP contribution in [0.1, 0.15) is 25.3 Å². The number of carbonyl (C=O) groups is 2. The first kappa shape index (κ1) is 22.9. The van der Waals surface area contributed by atoms with E-state index in [9.17, 15) is 20.0 Å². The van der Waals surface area contributed by atoms with E-state index in [-0.39, 0.29) is 6.79 Å². The Bertz CT molecular complexity index is 1110. The molecule has 1 saturated carbocycles. The molecule has 164 valence electrons. The predicted molar refractivity (Wildman–Crippen MR) is 114 cm³/mol. The van der Waals surface area contributed by atoms with Crippen molar-refractivity contribution in [2.45, 2.75) is 19.8 Å². The van der Waals surface area contributed by atoms with Crippen LogP contribution in [0.5, 0.6) is 11.5 Å². The van der Waals surface area contributed by atoms with Gasteiger partial charge < -0.3 is 19.3 Å². The number of para-hydroxylation sites is 1. The molecule has 0 saturated heterocycles. The van der Waals surface area contributed by atoms with Crippen LogP contribution < -0.4 is 4.74 Å². The molecule has 1 aliphatic rings. The summed E-state index contributed by atoms with van der Waals surface area (Å²) in [5.41, 5.74) is -1.85. The number of methoxy groups -OCH3 is 1. The predicted octanol–water partition coefficient (Wildman–Crippen LogP) is 3.96. The Morgan fingerprint density at radius 3 is 2.44 bits per heavy atom. The third kappa shape index (κ3) is 4.03. The summed E-state index contributed by atoms with van der Waals surface area (Å²) in [5.74, 6) is 2.46. The maximum atomic E-state index is 12.5. The number of hydrogen-bond donors (Lipinski definition) is 1. The number of carboxylic acids is 1. The average Bonchev–Trinajstić information content (AvgIpc) is 3.27. The van der Waals surface area contributed by atoms with Crippen LogP contribution in [-0.2, 0) is 19.1 Å². The molecule has 0 bridgehead atoms. The van der Waals surface area contributed by atoms with Gasteiger partial charge in [-0.05, 0) is 35.2 Å². The van der Waals surface area contributed by atoms with Crippen molar-refractivity contribution in [3.8, 4) is 29.4 Å². The van der Waals surface area contributed by atoms with Crippen LogP contribution in [-0.4, -0.2) is 30.9 Å². The molecule has 0 heterocycles. The summed E-state index contributed by atoms with van der Waals surface area (Å²) in [6.07, 6.45) is 0. The van der Waals surface area contributed by atoms with Gasteiger partial charge in [0.05, 0.1) is 12.0 Å². The molecule has 7 heteroatoms. The number of ether oxygens (including phenoxy) is 3. The van der Waals surface area contributed by atoms with Crippen molar-refractivity contribution in [2.24, 2.45) is 16.7 Å². The van der Waals surface area contributed by atoms with E-state index in [4.69, 9.17) is 9.47 Å². The molecule has 7 nitrogen and oxygen atoms in total. The molecule has 1 aliphatic carbocycles. The Morgan fingerprint density at radius 1 is 1.12 bits per heavy atom. The highest BCUT2D eigenvalue weighted by Crippen LogP contribution is 2.74. The topological polar surface area (TPSA) is 106 Å². The second-order valence-corrected chi connectivity index (χ2v) is 7.99. The van der Waals surface area contributed by atoms with Gasteiger partial charge in [0, 0.05) is 18.9 Å². The molecule has 0 amide bonds. The lowest BCUT2D eigenvalue weighted by atomic mass is 9.78. The number of carboxylic acid groups (broad SMARTS) is 1. The standard InChI is InChI=1S/C25H23NO6/c1-24(2)21(12-13-22(27)31-16-30-3)25(24,23(28)29)20(15-26)17-8-7-11-19(14-17)32-18-9-5-4-6-10-18/h4-11,14,20-21H,16H2,1-3H3,(H,28,29)/t20-,21-,25+/m0/s1. The molecular weight excluding hydrogens is 410 g/mol. The van der Waals surface area contributed by atoms with Crippen molar-refractivity contribution >= 4 is 11.9 Å². The van der Waals surface area contributed by atoms with Crippen LogP contribution in [0.2, 0.25) is 0 Å². The summed E-state index contributed by atoms with van der Waals surface area (Å²) in [4.78, 5) is 24.2. The second-order valence-electron chi connectivity index (χ2n) is 7.99. The molecule has 2 aromatic rings. The van der Waals surface area contributed by atoms with E-state index in [0.29, 0.717) is 17.1 Å². The highest BCUT2D eigenvalue weighted by molar-refractivity contribution is 5.90. The number of nitriles is 1. The fraction of sp³-hybridized carbons (Fsp3) is 0.320. The number of rotatable bonds is 7. The van der Waals surface area contributed by atoms with Gasteiger partial charge in [-0.25, -0.2) is 4.79 Å². The Hall–Kier alpha value is -3.81. The minimum Gasteiger partial charge on any atom is -0.481 e. The van der Waals surface area contributed by atoms with Crippen molar-refractivity contribution < 1.29 is 28.9 Å². The Balaban J connectivity index is 1.94. The van der Waals surface area contributed by atoms with E-state index >= 15 is 0 Å². The van der Waals surface area contributed by atoms with Crippen molar-refractivity contribution in [3.05, 3.63) is 60.2 Å². The van der Waals surface area contributed by atoms with Crippen LogP contribution in [0.15, 0.2) is 54.6 Å². The minimum atomic E-state index is -1.50. The first-order valence-corrected chi connectivity index (χ1v) is 9.92. The molecular formula is C25H23NO6. The molecule has 3 rings (SSSR count). The lowest BCUT2D eigenvalue weighted by molar-refractivity contribution is -0.147. The molecule has 0 unspecified atom stereocenters. The van der Waals surface area contributed by atoms with Gasteiger partial charge in [0.2, 0.25) is 0 Å². The van der Waals surface area contributed by atoms with Crippen LogP contribution in [0.25, 0.3) is 0 Å². The zero-order valence-corrected chi connectivity index (χ0v) is 18.0. The van der Waals surface area contributed by atoms with Crippen molar-refractivity contribution in [1.29, 1.82) is 5.26 Å². The molecule has 2 aromatic carbocycles. The Labute approximate surface area is 186 Å². The van der Waals surface area contributed by atoms with Gasteiger partial charge in [-0.2, -0.15) is 5.26 Å². The highest BCUT2D eigenvalue weighted by Gasteiger charge is 2.79. The largest absolute Gasteiger partial charge is 0.481 e. The van der Waals surface area contributed by atoms with E-state index in [0.717, 1.165) is 0 Å². The normalized spacial score (nSPS) is 21.2. The third-order valence-electron chi connectivity index (χ3n) is 5.89. The van der Waals surface area contributed by atoms with E-state index < -0.39 is 34.6 Å². The van der Waals surface area contributed by atoms with Gasteiger partial charge in [-0.3, -0.25) is 4.79 Å². The van der Waals surface area contributed by atoms with E-state index in [1.807, 2.05) is 18.2 Å². The summed E-state index contributed by atoms with van der Waals surface area (Å²) in [7, 11) is 1.37. The molecule has 3 atom stereocenters. The summed E-state index contributed by atoms with van der Waals surface area (Å²) in [5, 5.41) is 20.2. The number of aliphatic carboxylic acids is 1. The zero-order valence-electron chi connectivity index (χ0n) is 18.0. The monoisotopic (exact) mass is 433 g/mol. The number of esters is 1. The van der Waals surface area contributed by atoms with E-state index in [2.05, 4.69) is 22.6 Å². The highest BCUT2D eigenvalue weighted by atomic mass is 16.7. The first-order valence-electron chi connectivity index (χ1n) is 9.92. The van der Waals surface area contributed by atoms with Gasteiger partial charge >= 0.3 is 11.9 Å². The van der Waals surface area contributed by atoms with Gasteiger partial charge in [-0.15, -0.1) is 0 Å². The number of benzene rings is 2. The maximum Gasteiger partial charge on any atom is 0.386 e. The summed E-state index contributed by atoms with van der Waals surface area (Å²) in [6.45, 7) is 3.21. The van der Waals surface area contributed by atoms with Crippen molar-refractivity contribution in [2.75, 3.05) is 13.9 Å². The average molecular weight is 433 g/mol. The molecule has 32 heavy (non-hydrogen) atoms. The van der Waals surface area contributed by atoms with E-state index in [1.165, 1.54) is 7.11 Å². The quantitative estimate of drug-likeness (QED) is 0.305. The van der Waals surface area contributed by atoms with Crippen LogP contribution in [0.4, 0.5) is 0 Å². The molecule has 0 spiro atoms. The Kier molecular flexibility index (Phi) is 6.53. The van der Waals surface area contributed by atoms with Gasteiger partial charge in [0.15, 0.2) is 6.79 Å². The van der Waals surface area contributed by atoms with Gasteiger partial charge in [-0.1, -0.05) is 50.1 Å². The zero-order chi connectivity index (χ0) is 23.4. The van der Waals surface area contributed by atoms with Crippen LogP contribution >= 0.6 is 0 Å². The maximum absolute atomic E-state index is 12.5. The molecule has 0 aromatic heterocycles. The smallest absolute Gasteiger partial charge is 0.386 e. The number of carbonyl (C=O) groups excluding carboxylic acids is 1. The molecule has 1 N–H and O–H groups in total. The summed E-state index contributed by atoms with van der Waals surface area (Å²) < 4.78 is 15.3. The van der Waals surface area contributed by atoms with Gasteiger partial charge in [0.25, 0.3) is 0 Å². The fourth-order valence-electron chi connectivity index (χ4n) is 4.25. The fourth-order valence-corrected chi connectivity index (χ4v) is 4.25. The number of nitrogens with zero attached hydrogens (tertiary/aromatic N) is 1. The lowest BCUT2D eigenvalue weighted by Crippen LogP contribution is -2.28. The summed E-state index contributed by atoms with van der Waals surface area (Å²) >= 11 is 0. The Morgan fingerprint density at radius 2 is 1.81 bits per heavy atom. The number of hydrogen-bond acceptors (Lipinski definition) is 6. The summed E-state index contributed by atoms with van der Waals surface area (Å²) in [6, 6.07) is 18.1. The minimum absolute atomic E-state index is 0.249. The first-order chi connectivity index (χ1) is 15.3.